The van der Waals surface area contributed by atoms with Gasteiger partial charge >= 0.3 is 5.51 Å². The van der Waals surface area contributed by atoms with E-state index in [1.54, 1.807) is 0 Å². The van der Waals surface area contributed by atoms with Gasteiger partial charge in [-0.25, -0.2) is 13.4 Å². The van der Waals surface area contributed by atoms with Gasteiger partial charge < -0.3 is 11.5 Å². The molecule has 1 heterocycles. The van der Waals surface area contributed by atoms with Gasteiger partial charge in [0.05, 0.1) is 9.82 Å². The third-order valence-electron chi connectivity index (χ3n) is 4.85. The summed E-state index contributed by atoms with van der Waals surface area (Å²) in [5.74, 6) is -0.325. The SMILES string of the molecule is NC1=NC2(CCCCC2)N(c2ccc(S(=O)(=O)C(F)(F)F)cc2[N+](=O)[O-])C(N)=N1. The Morgan fingerprint density at radius 1 is 1.17 bits per heavy atom. The van der Waals surface area contributed by atoms with Crippen molar-refractivity contribution in [2.24, 2.45) is 21.5 Å². The van der Waals surface area contributed by atoms with Gasteiger partial charge in [0.15, 0.2) is 0 Å². The van der Waals surface area contributed by atoms with Crippen LogP contribution in [-0.2, 0) is 9.84 Å². The topological polar surface area (TPSA) is 157 Å². The summed E-state index contributed by atoms with van der Waals surface area (Å²) in [5, 5.41) is 11.6. The second-order valence-electron chi connectivity index (χ2n) is 6.68. The van der Waals surface area contributed by atoms with Crippen LogP contribution < -0.4 is 16.4 Å². The molecule has 0 aromatic heterocycles. The van der Waals surface area contributed by atoms with Gasteiger partial charge in [-0.2, -0.15) is 18.2 Å². The van der Waals surface area contributed by atoms with E-state index < -0.39 is 36.5 Å². The molecule has 0 atom stereocenters. The smallest absolute Gasteiger partial charge is 0.369 e. The molecule has 1 aliphatic heterocycles. The molecular formula is C15H17F3N6O4S. The number of hydrogen-bond acceptors (Lipinski definition) is 9. The Morgan fingerprint density at radius 2 is 1.79 bits per heavy atom. The molecule has 0 unspecified atom stereocenters. The van der Waals surface area contributed by atoms with Crippen LogP contribution in [0.15, 0.2) is 33.1 Å². The van der Waals surface area contributed by atoms with Crippen molar-refractivity contribution in [3.8, 4) is 0 Å². The third kappa shape index (κ3) is 3.47. The van der Waals surface area contributed by atoms with Crippen molar-refractivity contribution in [1.29, 1.82) is 0 Å². The number of halogens is 3. The van der Waals surface area contributed by atoms with E-state index in [0.29, 0.717) is 25.0 Å². The van der Waals surface area contributed by atoms with Crippen molar-refractivity contribution < 1.29 is 26.5 Å². The molecule has 3 rings (SSSR count). The van der Waals surface area contributed by atoms with E-state index in [9.17, 15) is 31.7 Å². The number of aliphatic imine (C=N–C) groups is 2. The van der Waals surface area contributed by atoms with E-state index in [4.69, 9.17) is 11.5 Å². The molecule has 29 heavy (non-hydrogen) atoms. The summed E-state index contributed by atoms with van der Waals surface area (Å²) in [6, 6.07) is 1.92. The summed E-state index contributed by atoms with van der Waals surface area (Å²) in [6.45, 7) is 0. The lowest BCUT2D eigenvalue weighted by Crippen LogP contribution is -2.58. The Hall–Kier alpha value is -2.90. The van der Waals surface area contributed by atoms with E-state index >= 15 is 0 Å². The van der Waals surface area contributed by atoms with Crippen LogP contribution in [0.2, 0.25) is 0 Å². The lowest BCUT2D eigenvalue weighted by molar-refractivity contribution is -0.384. The average Bonchev–Trinajstić information content (AvgIpc) is 2.60. The summed E-state index contributed by atoms with van der Waals surface area (Å²) >= 11 is 0. The number of benzene rings is 1. The van der Waals surface area contributed by atoms with Gasteiger partial charge in [0, 0.05) is 6.07 Å². The standard InChI is InChI=1S/C15H17F3N6O4S/c16-15(17,18)29(27,28)9-4-5-10(11(8-9)24(25)26)23-13(20)21-12(19)22-14(23)6-2-1-3-7-14/h4-5,8H,1-3,6-7H2,(H4,19,20,21,22). The number of rotatable bonds is 3. The van der Waals surface area contributed by atoms with Crippen molar-refractivity contribution in [1.82, 2.24) is 0 Å². The number of guanidine groups is 2. The van der Waals surface area contributed by atoms with E-state index in [1.807, 2.05) is 0 Å². The highest BCUT2D eigenvalue weighted by atomic mass is 32.2. The molecule has 0 saturated heterocycles. The number of nitrogens with two attached hydrogens (primary N) is 2. The minimum Gasteiger partial charge on any atom is -0.369 e. The summed E-state index contributed by atoms with van der Waals surface area (Å²) < 4.78 is 61.9. The van der Waals surface area contributed by atoms with Crippen molar-refractivity contribution in [3.05, 3.63) is 28.3 Å². The summed E-state index contributed by atoms with van der Waals surface area (Å²) in [6.07, 6.45) is 3.20. The Kier molecular flexibility index (Phi) is 4.93. The first-order chi connectivity index (χ1) is 13.4. The molecule has 0 radical (unpaired) electrons. The number of alkyl halides is 3. The molecule has 4 N–H and O–H groups in total. The lowest BCUT2D eigenvalue weighted by atomic mass is 9.87. The van der Waals surface area contributed by atoms with Gasteiger partial charge in [0.1, 0.15) is 11.4 Å². The highest BCUT2D eigenvalue weighted by Gasteiger charge is 2.49. The molecule has 1 saturated carbocycles. The lowest BCUT2D eigenvalue weighted by Gasteiger charge is -2.45. The Labute approximate surface area is 163 Å². The summed E-state index contributed by atoms with van der Waals surface area (Å²) in [4.78, 5) is 18.8. The number of nitrogens with zero attached hydrogens (tertiary/aromatic N) is 4. The molecule has 10 nitrogen and oxygen atoms in total. The predicted molar refractivity (Wildman–Crippen MR) is 97.9 cm³/mol. The molecule has 2 aliphatic rings. The summed E-state index contributed by atoms with van der Waals surface area (Å²) in [5.41, 5.74) is 3.92. The van der Waals surface area contributed by atoms with Crippen LogP contribution >= 0.6 is 0 Å². The van der Waals surface area contributed by atoms with E-state index in [0.717, 1.165) is 25.3 Å². The number of nitro groups is 1. The van der Waals surface area contributed by atoms with Crippen molar-refractivity contribution in [2.75, 3.05) is 4.90 Å². The normalized spacial score (nSPS) is 19.6. The van der Waals surface area contributed by atoms with Crippen molar-refractivity contribution in [3.63, 3.8) is 0 Å². The first-order valence-electron chi connectivity index (χ1n) is 8.49. The fourth-order valence-electron chi connectivity index (χ4n) is 3.61. The fourth-order valence-corrected chi connectivity index (χ4v) is 4.39. The van der Waals surface area contributed by atoms with E-state index in [1.165, 1.54) is 4.90 Å². The number of sulfone groups is 1. The molecule has 1 fully saturated rings. The third-order valence-corrected chi connectivity index (χ3v) is 6.33. The van der Waals surface area contributed by atoms with Gasteiger partial charge in [-0.3, -0.25) is 15.0 Å². The number of hydrogen-bond donors (Lipinski definition) is 2. The van der Waals surface area contributed by atoms with Crippen molar-refractivity contribution >= 4 is 33.1 Å². The van der Waals surface area contributed by atoms with E-state index in [2.05, 4.69) is 9.98 Å². The zero-order valence-electron chi connectivity index (χ0n) is 14.9. The number of nitro benzene ring substituents is 1. The minimum atomic E-state index is -5.77. The number of anilines is 1. The molecule has 1 aliphatic carbocycles. The largest absolute Gasteiger partial charge is 0.501 e. The van der Waals surface area contributed by atoms with Gasteiger partial charge in [-0.15, -0.1) is 0 Å². The quantitative estimate of drug-likeness (QED) is 0.544. The fraction of sp³-hybridized carbons (Fsp3) is 0.467. The second kappa shape index (κ2) is 6.86. The van der Waals surface area contributed by atoms with Crippen molar-refractivity contribution in [2.45, 2.75) is 48.2 Å². The van der Waals surface area contributed by atoms with Gasteiger partial charge in [0.25, 0.3) is 15.5 Å². The second-order valence-corrected chi connectivity index (χ2v) is 8.62. The Bertz CT molecular complexity index is 1020. The molecular weight excluding hydrogens is 417 g/mol. The molecule has 1 aromatic carbocycles. The first kappa shape index (κ1) is 20.8. The molecule has 1 spiro atoms. The average molecular weight is 434 g/mol. The predicted octanol–water partition coefficient (Wildman–Crippen LogP) is 2.00. The zero-order chi connectivity index (χ0) is 21.6. The highest BCUT2D eigenvalue weighted by Crippen LogP contribution is 2.43. The molecule has 1 aromatic rings. The first-order valence-corrected chi connectivity index (χ1v) is 9.97. The van der Waals surface area contributed by atoms with Crippen LogP contribution in [0.4, 0.5) is 24.5 Å². The Morgan fingerprint density at radius 3 is 2.34 bits per heavy atom. The maximum absolute atomic E-state index is 12.9. The molecule has 158 valence electrons. The summed E-state index contributed by atoms with van der Waals surface area (Å²) in [7, 11) is -5.77. The van der Waals surface area contributed by atoms with Crippen LogP contribution in [0.1, 0.15) is 32.1 Å². The molecule has 0 bridgehead atoms. The highest BCUT2D eigenvalue weighted by molar-refractivity contribution is 7.92. The maximum Gasteiger partial charge on any atom is 0.501 e. The molecule has 14 heteroatoms. The van der Waals surface area contributed by atoms with Gasteiger partial charge in [-0.1, -0.05) is 6.42 Å². The van der Waals surface area contributed by atoms with E-state index in [-0.39, 0.29) is 17.6 Å². The molecule has 0 amide bonds. The van der Waals surface area contributed by atoms with Crippen LogP contribution in [0.25, 0.3) is 0 Å². The van der Waals surface area contributed by atoms with Gasteiger partial charge in [0.2, 0.25) is 11.9 Å². The van der Waals surface area contributed by atoms with Crippen LogP contribution in [0.5, 0.6) is 0 Å². The van der Waals surface area contributed by atoms with Crippen LogP contribution in [0, 0.1) is 10.1 Å². The van der Waals surface area contributed by atoms with Gasteiger partial charge in [-0.05, 0) is 37.8 Å². The minimum absolute atomic E-state index is 0.112. The van der Waals surface area contributed by atoms with Crippen LogP contribution in [0.3, 0.4) is 0 Å². The van der Waals surface area contributed by atoms with Crippen LogP contribution in [-0.4, -0.2) is 36.4 Å². The monoisotopic (exact) mass is 434 g/mol. The maximum atomic E-state index is 12.9. The zero-order valence-corrected chi connectivity index (χ0v) is 15.7. The Balaban J connectivity index is 2.20.